The van der Waals surface area contributed by atoms with E-state index in [4.69, 9.17) is 4.74 Å². The van der Waals surface area contributed by atoms with Crippen molar-refractivity contribution in [1.29, 1.82) is 0 Å². The average molecular weight is 215 g/mol. The van der Waals surface area contributed by atoms with Crippen molar-refractivity contribution in [1.82, 2.24) is 5.32 Å². The lowest BCUT2D eigenvalue weighted by molar-refractivity contribution is -0.0849. The van der Waals surface area contributed by atoms with Gasteiger partial charge in [-0.05, 0) is 17.9 Å². The third-order valence-electron chi connectivity index (χ3n) is 3.74. The van der Waals surface area contributed by atoms with Crippen LogP contribution in [0, 0.1) is 16.2 Å². The fourth-order valence-corrected chi connectivity index (χ4v) is 2.69. The third kappa shape index (κ3) is 2.94. The minimum Gasteiger partial charge on any atom is -0.384 e. The molecule has 0 aromatic heterocycles. The summed E-state index contributed by atoms with van der Waals surface area (Å²) in [5.41, 5.74) is 0.568. The molecule has 0 rings (SSSR count). The van der Waals surface area contributed by atoms with Gasteiger partial charge in [-0.25, -0.2) is 0 Å². The Morgan fingerprint density at radius 1 is 0.933 bits per heavy atom. The highest BCUT2D eigenvalue weighted by molar-refractivity contribution is 4.99. The molecule has 0 saturated heterocycles. The number of nitrogens with one attached hydrogen (secondary N) is 1. The summed E-state index contributed by atoms with van der Waals surface area (Å²) in [5, 5.41) is 3.33. The van der Waals surface area contributed by atoms with Gasteiger partial charge < -0.3 is 10.1 Å². The van der Waals surface area contributed by atoms with Crippen LogP contribution in [0.3, 0.4) is 0 Å². The van der Waals surface area contributed by atoms with Gasteiger partial charge in [-0.1, -0.05) is 41.5 Å². The number of methoxy groups -OCH3 is 1. The van der Waals surface area contributed by atoms with Crippen molar-refractivity contribution in [3.05, 3.63) is 0 Å². The first kappa shape index (κ1) is 14.9. The molecule has 0 heterocycles. The molecule has 0 spiro atoms. The predicted molar refractivity (Wildman–Crippen MR) is 67.1 cm³/mol. The van der Waals surface area contributed by atoms with Crippen molar-refractivity contribution in [2.45, 2.75) is 41.5 Å². The molecule has 15 heavy (non-hydrogen) atoms. The first-order valence-corrected chi connectivity index (χ1v) is 5.76. The lowest BCUT2D eigenvalue weighted by Gasteiger charge is -2.53. The second-order valence-electron chi connectivity index (χ2n) is 6.55. The Hall–Kier alpha value is -0.0800. The van der Waals surface area contributed by atoms with Crippen LogP contribution in [0.4, 0.5) is 0 Å². The fraction of sp³-hybridized carbons (Fsp3) is 1.00. The van der Waals surface area contributed by atoms with E-state index in [-0.39, 0.29) is 16.2 Å². The maximum absolute atomic E-state index is 5.47. The number of hydrogen-bond acceptors (Lipinski definition) is 2. The van der Waals surface area contributed by atoms with Crippen molar-refractivity contribution in [2.24, 2.45) is 16.2 Å². The summed E-state index contributed by atoms with van der Waals surface area (Å²) in [6, 6.07) is 0. The Morgan fingerprint density at radius 2 is 1.33 bits per heavy atom. The predicted octanol–water partition coefficient (Wildman–Crippen LogP) is 2.93. The SMILES string of the molecule is CNCC(COC)(C(C)(C)C)C(C)(C)C. The topological polar surface area (TPSA) is 21.3 Å². The molecule has 0 aliphatic heterocycles. The first-order chi connectivity index (χ1) is 6.62. The standard InChI is InChI=1S/C13H29NO/c1-11(2,3)13(9-14-7,10-15-8)12(4,5)6/h14H,9-10H2,1-8H3. The van der Waals surface area contributed by atoms with Crippen molar-refractivity contribution in [2.75, 3.05) is 27.3 Å². The Balaban J connectivity index is 5.28. The Morgan fingerprint density at radius 3 is 1.53 bits per heavy atom. The third-order valence-corrected chi connectivity index (χ3v) is 3.74. The van der Waals surface area contributed by atoms with E-state index >= 15 is 0 Å². The highest BCUT2D eigenvalue weighted by Crippen LogP contribution is 2.51. The van der Waals surface area contributed by atoms with E-state index in [9.17, 15) is 0 Å². The van der Waals surface area contributed by atoms with Crippen molar-refractivity contribution < 1.29 is 4.74 Å². The highest BCUT2D eigenvalue weighted by Gasteiger charge is 2.49. The number of hydrogen-bond donors (Lipinski definition) is 1. The van der Waals surface area contributed by atoms with Crippen molar-refractivity contribution >= 4 is 0 Å². The first-order valence-electron chi connectivity index (χ1n) is 5.76. The van der Waals surface area contributed by atoms with Gasteiger partial charge in [0.2, 0.25) is 0 Å². The molecule has 2 nitrogen and oxygen atoms in total. The van der Waals surface area contributed by atoms with Crippen LogP contribution in [0.1, 0.15) is 41.5 Å². The molecule has 0 unspecified atom stereocenters. The van der Waals surface area contributed by atoms with Gasteiger partial charge >= 0.3 is 0 Å². The van der Waals surface area contributed by atoms with E-state index in [1.165, 1.54) is 0 Å². The average Bonchev–Trinajstić information content (AvgIpc) is 1.99. The van der Waals surface area contributed by atoms with E-state index in [0.29, 0.717) is 0 Å². The zero-order valence-electron chi connectivity index (χ0n) is 11.8. The molecule has 0 amide bonds. The zero-order chi connectivity index (χ0) is 12.3. The molecule has 0 fully saturated rings. The normalized spacial score (nSPS) is 14.4. The molecule has 92 valence electrons. The van der Waals surface area contributed by atoms with Gasteiger partial charge in [0, 0.05) is 19.1 Å². The van der Waals surface area contributed by atoms with Gasteiger partial charge in [-0.15, -0.1) is 0 Å². The van der Waals surface area contributed by atoms with Crippen molar-refractivity contribution in [3.63, 3.8) is 0 Å². The fourth-order valence-electron chi connectivity index (χ4n) is 2.69. The summed E-state index contributed by atoms with van der Waals surface area (Å²) in [7, 11) is 3.81. The summed E-state index contributed by atoms with van der Waals surface area (Å²) in [5.74, 6) is 0. The lowest BCUT2D eigenvalue weighted by Crippen LogP contribution is -2.55. The van der Waals surface area contributed by atoms with E-state index in [1.54, 1.807) is 7.11 Å². The molecule has 2 heteroatoms. The molecule has 0 aromatic carbocycles. The second-order valence-corrected chi connectivity index (χ2v) is 6.55. The Bertz CT molecular complexity index is 164. The van der Waals surface area contributed by atoms with E-state index in [2.05, 4.69) is 46.9 Å². The minimum absolute atomic E-state index is 0.142. The highest BCUT2D eigenvalue weighted by atomic mass is 16.5. The summed E-state index contributed by atoms with van der Waals surface area (Å²) < 4.78 is 5.47. The van der Waals surface area contributed by atoms with Gasteiger partial charge in [0.1, 0.15) is 0 Å². The maximum Gasteiger partial charge on any atom is 0.0540 e. The van der Waals surface area contributed by atoms with Crippen LogP contribution >= 0.6 is 0 Å². The summed E-state index contributed by atoms with van der Waals surface area (Å²) in [6.07, 6.45) is 0. The molecular weight excluding hydrogens is 186 g/mol. The van der Waals surface area contributed by atoms with Crippen LogP contribution in [-0.4, -0.2) is 27.3 Å². The van der Waals surface area contributed by atoms with Crippen LogP contribution in [0.5, 0.6) is 0 Å². The lowest BCUT2D eigenvalue weighted by atomic mass is 9.54. The van der Waals surface area contributed by atoms with Crippen LogP contribution in [-0.2, 0) is 4.74 Å². The molecule has 0 bridgehead atoms. The largest absolute Gasteiger partial charge is 0.384 e. The van der Waals surface area contributed by atoms with Crippen LogP contribution in [0.2, 0.25) is 0 Å². The molecule has 1 N–H and O–H groups in total. The van der Waals surface area contributed by atoms with Gasteiger partial charge in [0.15, 0.2) is 0 Å². The van der Waals surface area contributed by atoms with Gasteiger partial charge in [-0.2, -0.15) is 0 Å². The van der Waals surface area contributed by atoms with E-state index < -0.39 is 0 Å². The number of rotatable bonds is 4. The smallest absolute Gasteiger partial charge is 0.0540 e. The van der Waals surface area contributed by atoms with E-state index in [1.807, 2.05) is 7.05 Å². The van der Waals surface area contributed by atoms with Gasteiger partial charge in [0.25, 0.3) is 0 Å². The van der Waals surface area contributed by atoms with Crippen LogP contribution in [0.15, 0.2) is 0 Å². The molecular formula is C13H29NO. The summed E-state index contributed by atoms with van der Waals surface area (Å²) >= 11 is 0. The Kier molecular flexibility index (Phi) is 4.81. The quantitative estimate of drug-likeness (QED) is 0.778. The van der Waals surface area contributed by atoms with Gasteiger partial charge in [-0.3, -0.25) is 0 Å². The molecule has 0 atom stereocenters. The number of ether oxygens (including phenoxy) is 1. The Labute approximate surface area is 95.8 Å². The van der Waals surface area contributed by atoms with E-state index in [0.717, 1.165) is 13.2 Å². The summed E-state index contributed by atoms with van der Waals surface area (Å²) in [6.45, 7) is 15.6. The molecule has 0 aromatic rings. The zero-order valence-corrected chi connectivity index (χ0v) is 11.8. The molecule has 0 radical (unpaired) electrons. The van der Waals surface area contributed by atoms with Crippen LogP contribution < -0.4 is 5.32 Å². The molecule has 0 aliphatic carbocycles. The van der Waals surface area contributed by atoms with Crippen LogP contribution in [0.25, 0.3) is 0 Å². The molecule has 0 aliphatic rings. The van der Waals surface area contributed by atoms with Gasteiger partial charge in [0.05, 0.1) is 6.61 Å². The van der Waals surface area contributed by atoms with Crippen molar-refractivity contribution in [3.8, 4) is 0 Å². The maximum atomic E-state index is 5.47. The summed E-state index contributed by atoms with van der Waals surface area (Å²) in [4.78, 5) is 0. The molecule has 0 saturated carbocycles. The minimum atomic E-state index is 0.142. The monoisotopic (exact) mass is 215 g/mol. The second kappa shape index (κ2) is 4.84.